The third kappa shape index (κ3) is 4.76. The maximum atomic E-state index is 12.7. The molecule has 1 fully saturated rings. The molecule has 3 aromatic rings. The fourth-order valence-corrected chi connectivity index (χ4v) is 3.71. The monoisotopic (exact) mass is 424 g/mol. The van der Waals surface area contributed by atoms with Gasteiger partial charge in [-0.3, -0.25) is 9.59 Å². The third-order valence-corrected chi connectivity index (χ3v) is 5.90. The Bertz CT molecular complexity index is 1010. The molecule has 2 aromatic heterocycles. The number of carbonyl (C=O) groups excluding carboxylic acids is 2. The number of carbonyl (C=O) groups is 2. The molecule has 1 saturated carbocycles. The van der Waals surface area contributed by atoms with Gasteiger partial charge in [-0.25, -0.2) is 0 Å². The third-order valence-electron chi connectivity index (χ3n) is 5.03. The summed E-state index contributed by atoms with van der Waals surface area (Å²) in [5.74, 6) is 1.39. The number of amides is 2. The zero-order valence-electron chi connectivity index (χ0n) is 16.9. The van der Waals surface area contributed by atoms with Crippen molar-refractivity contribution >= 4 is 23.2 Å². The van der Waals surface area contributed by atoms with E-state index in [-0.39, 0.29) is 23.8 Å². The van der Waals surface area contributed by atoms with Gasteiger partial charge in [0.25, 0.3) is 11.8 Å². The molecule has 1 aromatic carbocycles. The highest BCUT2D eigenvalue weighted by Gasteiger charge is 2.31. The minimum atomic E-state index is -0.345. The Morgan fingerprint density at radius 1 is 1.17 bits per heavy atom. The van der Waals surface area contributed by atoms with Crippen molar-refractivity contribution in [2.45, 2.75) is 45.2 Å². The summed E-state index contributed by atoms with van der Waals surface area (Å²) >= 11 is 1.40. The van der Waals surface area contributed by atoms with Crippen molar-refractivity contribution in [3.8, 4) is 0 Å². The lowest BCUT2D eigenvalue weighted by molar-refractivity contribution is 0.0912. The van der Waals surface area contributed by atoms with Crippen molar-refractivity contribution in [3.63, 3.8) is 0 Å². The Morgan fingerprint density at radius 2 is 1.93 bits per heavy atom. The molecule has 2 N–H and O–H groups in total. The van der Waals surface area contributed by atoms with E-state index in [2.05, 4.69) is 20.8 Å². The number of aromatic nitrogens is 2. The molecule has 1 atom stereocenters. The minimum absolute atomic E-state index is 0.100. The molecular formula is C22H24N4O3S. The molecule has 0 bridgehead atoms. The number of rotatable bonds is 8. The van der Waals surface area contributed by atoms with E-state index in [4.69, 9.17) is 4.52 Å². The van der Waals surface area contributed by atoms with Gasteiger partial charge in [-0.15, -0.1) is 11.3 Å². The number of hydrogen-bond acceptors (Lipinski definition) is 6. The molecule has 8 heteroatoms. The topological polar surface area (TPSA) is 97.1 Å². The van der Waals surface area contributed by atoms with E-state index >= 15 is 0 Å². The summed E-state index contributed by atoms with van der Waals surface area (Å²) in [5.41, 5.74) is 1.46. The molecule has 4 rings (SSSR count). The molecule has 156 valence electrons. The maximum absolute atomic E-state index is 12.7. The van der Waals surface area contributed by atoms with Gasteiger partial charge in [0.1, 0.15) is 6.04 Å². The van der Waals surface area contributed by atoms with Gasteiger partial charge < -0.3 is 15.2 Å². The van der Waals surface area contributed by atoms with Crippen LogP contribution in [-0.4, -0.2) is 22.0 Å². The SMILES string of the molecule is CC(C)C(NC(=O)c1ccc(CNC(=O)c2cccs2)cc1)c1nc(C2CC2)no1. The second kappa shape index (κ2) is 8.79. The van der Waals surface area contributed by atoms with Crippen LogP contribution in [0.25, 0.3) is 0 Å². The van der Waals surface area contributed by atoms with E-state index < -0.39 is 0 Å². The lowest BCUT2D eigenvalue weighted by atomic mass is 10.0. The minimum Gasteiger partial charge on any atom is -0.347 e. The molecule has 0 spiro atoms. The normalized spacial score (nSPS) is 14.5. The van der Waals surface area contributed by atoms with Crippen molar-refractivity contribution in [3.05, 3.63) is 69.5 Å². The van der Waals surface area contributed by atoms with Crippen molar-refractivity contribution < 1.29 is 14.1 Å². The molecule has 0 saturated heterocycles. The van der Waals surface area contributed by atoms with E-state index in [9.17, 15) is 9.59 Å². The fraction of sp³-hybridized carbons (Fsp3) is 0.364. The summed E-state index contributed by atoms with van der Waals surface area (Å²) in [4.78, 5) is 29.9. The maximum Gasteiger partial charge on any atom is 0.261 e. The van der Waals surface area contributed by atoms with E-state index in [1.165, 1.54) is 11.3 Å². The molecular weight excluding hydrogens is 400 g/mol. The molecule has 0 radical (unpaired) electrons. The fourth-order valence-electron chi connectivity index (χ4n) is 3.07. The largest absolute Gasteiger partial charge is 0.347 e. The van der Waals surface area contributed by atoms with Gasteiger partial charge in [-0.2, -0.15) is 4.98 Å². The van der Waals surface area contributed by atoms with Crippen LogP contribution in [0.4, 0.5) is 0 Å². The van der Waals surface area contributed by atoms with E-state index in [1.807, 2.05) is 37.4 Å². The Kier molecular flexibility index (Phi) is 5.94. The van der Waals surface area contributed by atoms with Gasteiger partial charge in [-0.1, -0.05) is 37.2 Å². The second-order valence-corrected chi connectivity index (χ2v) is 8.76. The molecule has 2 amide bonds. The Balaban J connectivity index is 1.36. The summed E-state index contributed by atoms with van der Waals surface area (Å²) in [6.45, 7) is 4.41. The van der Waals surface area contributed by atoms with E-state index in [0.717, 1.165) is 24.2 Å². The summed E-state index contributed by atoms with van der Waals surface area (Å²) < 4.78 is 5.42. The average Bonchev–Trinajstić information content (AvgIpc) is 3.24. The van der Waals surface area contributed by atoms with Crippen LogP contribution in [0.1, 0.15) is 76.0 Å². The number of benzene rings is 1. The Hall–Kier alpha value is -3.00. The van der Waals surface area contributed by atoms with Gasteiger partial charge in [0.05, 0.1) is 4.88 Å². The Morgan fingerprint density at radius 3 is 2.57 bits per heavy atom. The van der Waals surface area contributed by atoms with Gasteiger partial charge >= 0.3 is 0 Å². The number of hydrogen-bond donors (Lipinski definition) is 2. The van der Waals surface area contributed by atoms with Crippen LogP contribution in [-0.2, 0) is 6.54 Å². The van der Waals surface area contributed by atoms with Crippen LogP contribution in [0.2, 0.25) is 0 Å². The molecule has 30 heavy (non-hydrogen) atoms. The smallest absolute Gasteiger partial charge is 0.261 e. The van der Waals surface area contributed by atoms with Crippen LogP contribution < -0.4 is 10.6 Å². The molecule has 2 heterocycles. The predicted octanol–water partition coefficient (Wildman–Crippen LogP) is 4.07. The van der Waals surface area contributed by atoms with Crippen molar-refractivity contribution in [1.82, 2.24) is 20.8 Å². The first-order chi connectivity index (χ1) is 14.5. The van der Waals surface area contributed by atoms with Gasteiger partial charge in [-0.05, 0) is 47.9 Å². The van der Waals surface area contributed by atoms with E-state index in [1.54, 1.807) is 18.2 Å². The summed E-state index contributed by atoms with van der Waals surface area (Å²) in [5, 5.41) is 11.8. The van der Waals surface area contributed by atoms with Gasteiger partial charge in [0.2, 0.25) is 5.89 Å². The van der Waals surface area contributed by atoms with Crippen LogP contribution in [0.5, 0.6) is 0 Å². The van der Waals surface area contributed by atoms with Crippen LogP contribution >= 0.6 is 11.3 Å². The molecule has 7 nitrogen and oxygen atoms in total. The lowest BCUT2D eigenvalue weighted by Gasteiger charge is -2.18. The predicted molar refractivity (Wildman–Crippen MR) is 113 cm³/mol. The summed E-state index contributed by atoms with van der Waals surface area (Å²) in [6.07, 6.45) is 2.19. The zero-order valence-corrected chi connectivity index (χ0v) is 17.7. The summed E-state index contributed by atoms with van der Waals surface area (Å²) in [7, 11) is 0. The summed E-state index contributed by atoms with van der Waals surface area (Å²) in [6, 6.07) is 10.5. The quantitative estimate of drug-likeness (QED) is 0.568. The van der Waals surface area contributed by atoms with Gasteiger partial charge in [0.15, 0.2) is 5.82 Å². The van der Waals surface area contributed by atoms with Crippen LogP contribution in [0.3, 0.4) is 0 Å². The first-order valence-electron chi connectivity index (χ1n) is 10.1. The van der Waals surface area contributed by atoms with Crippen LogP contribution in [0, 0.1) is 5.92 Å². The number of nitrogens with zero attached hydrogens (tertiary/aromatic N) is 2. The average molecular weight is 425 g/mol. The molecule has 1 aliphatic rings. The van der Waals surface area contributed by atoms with Crippen molar-refractivity contribution in [2.75, 3.05) is 0 Å². The van der Waals surface area contributed by atoms with Crippen molar-refractivity contribution in [1.29, 1.82) is 0 Å². The molecule has 1 aliphatic carbocycles. The highest BCUT2D eigenvalue weighted by Crippen LogP contribution is 2.38. The zero-order chi connectivity index (χ0) is 21.1. The molecule has 1 unspecified atom stereocenters. The van der Waals surface area contributed by atoms with E-state index in [0.29, 0.717) is 28.8 Å². The number of thiophene rings is 1. The second-order valence-electron chi connectivity index (χ2n) is 7.82. The first kappa shape index (κ1) is 20.3. The first-order valence-corrected chi connectivity index (χ1v) is 10.9. The standard InChI is InChI=1S/C22H24N4O3S/c1-13(2)18(22-25-19(26-29-22)15-9-10-15)24-20(27)16-7-5-14(6-8-16)12-23-21(28)17-4-3-11-30-17/h3-8,11,13,15,18H,9-10,12H2,1-2H3,(H,23,28)(H,24,27). The number of nitrogens with one attached hydrogen (secondary N) is 2. The highest BCUT2D eigenvalue weighted by molar-refractivity contribution is 7.12. The highest BCUT2D eigenvalue weighted by atomic mass is 32.1. The lowest BCUT2D eigenvalue weighted by Crippen LogP contribution is -2.32. The Labute approximate surface area is 178 Å². The molecule has 0 aliphatic heterocycles. The van der Waals surface area contributed by atoms with Gasteiger partial charge in [0, 0.05) is 18.0 Å². The van der Waals surface area contributed by atoms with Crippen molar-refractivity contribution in [2.24, 2.45) is 5.92 Å². The van der Waals surface area contributed by atoms with Crippen LogP contribution in [0.15, 0.2) is 46.3 Å².